The van der Waals surface area contributed by atoms with E-state index in [-0.39, 0.29) is 18.4 Å². The molecule has 0 saturated heterocycles. The highest BCUT2D eigenvalue weighted by molar-refractivity contribution is 9.10. The molecule has 0 unspecified atom stereocenters. The molecule has 2 amide bonds. The highest BCUT2D eigenvalue weighted by atomic mass is 79.9. The second-order valence-electron chi connectivity index (χ2n) is 4.82. The number of nitrogens with one attached hydrogen (secondary N) is 1. The summed E-state index contributed by atoms with van der Waals surface area (Å²) in [7, 11) is 1.55. The van der Waals surface area contributed by atoms with Crippen molar-refractivity contribution in [3.05, 3.63) is 62.5 Å². The van der Waals surface area contributed by atoms with Gasteiger partial charge in [0.15, 0.2) is 0 Å². The lowest BCUT2D eigenvalue weighted by molar-refractivity contribution is -0.116. The van der Waals surface area contributed by atoms with Crippen LogP contribution in [-0.2, 0) is 4.79 Å². The monoisotopic (exact) mass is 414 g/mol. The van der Waals surface area contributed by atoms with Crippen molar-refractivity contribution in [2.24, 2.45) is 0 Å². The lowest BCUT2D eigenvalue weighted by Gasteiger charge is -2.17. The van der Waals surface area contributed by atoms with Gasteiger partial charge in [-0.15, -0.1) is 0 Å². The zero-order chi connectivity index (χ0) is 17.0. The standard InChI is InChI=1S/C16H13BrCl2N2O2/c1-21(16(23)10-4-2-5-11(17)8-10)9-14(22)20-15-12(18)6-3-7-13(15)19/h2-8H,9H2,1H3,(H,20,22). The van der Waals surface area contributed by atoms with Crippen LogP contribution < -0.4 is 5.32 Å². The van der Waals surface area contributed by atoms with Crippen LogP contribution in [0.4, 0.5) is 5.69 Å². The van der Waals surface area contributed by atoms with Gasteiger partial charge < -0.3 is 10.2 Å². The molecule has 0 aliphatic heterocycles. The SMILES string of the molecule is CN(CC(=O)Nc1c(Cl)cccc1Cl)C(=O)c1cccc(Br)c1. The molecule has 4 nitrogen and oxygen atoms in total. The number of benzene rings is 2. The van der Waals surface area contributed by atoms with E-state index in [1.165, 1.54) is 4.90 Å². The Bertz CT molecular complexity index is 732. The zero-order valence-corrected chi connectivity index (χ0v) is 15.2. The van der Waals surface area contributed by atoms with Crippen LogP contribution in [0.5, 0.6) is 0 Å². The van der Waals surface area contributed by atoms with Gasteiger partial charge in [-0.3, -0.25) is 9.59 Å². The van der Waals surface area contributed by atoms with Gasteiger partial charge in [0.1, 0.15) is 0 Å². The fourth-order valence-corrected chi connectivity index (χ4v) is 2.82. The topological polar surface area (TPSA) is 49.4 Å². The number of amides is 2. The quantitative estimate of drug-likeness (QED) is 0.800. The smallest absolute Gasteiger partial charge is 0.254 e. The number of hydrogen-bond acceptors (Lipinski definition) is 2. The summed E-state index contributed by atoms with van der Waals surface area (Å²) < 4.78 is 0.795. The third kappa shape index (κ3) is 4.70. The van der Waals surface area contributed by atoms with Crippen molar-refractivity contribution in [3.8, 4) is 0 Å². The molecule has 1 N–H and O–H groups in total. The lowest BCUT2D eigenvalue weighted by atomic mass is 10.2. The van der Waals surface area contributed by atoms with Gasteiger partial charge in [0.05, 0.1) is 22.3 Å². The molecule has 0 fully saturated rings. The molecular weight excluding hydrogens is 403 g/mol. The minimum atomic E-state index is -0.383. The maximum Gasteiger partial charge on any atom is 0.254 e. The summed E-state index contributed by atoms with van der Waals surface area (Å²) in [5, 5.41) is 3.30. The number of carbonyl (C=O) groups is 2. The number of halogens is 3. The Labute approximate surface area is 152 Å². The van der Waals surface area contributed by atoms with E-state index in [1.54, 1.807) is 43.4 Å². The number of nitrogens with zero attached hydrogens (tertiary/aromatic N) is 1. The number of rotatable bonds is 4. The first-order chi connectivity index (χ1) is 10.9. The second-order valence-corrected chi connectivity index (χ2v) is 6.55. The highest BCUT2D eigenvalue weighted by Gasteiger charge is 2.16. The Morgan fingerprint density at radius 2 is 1.74 bits per heavy atom. The van der Waals surface area contributed by atoms with Crippen LogP contribution in [-0.4, -0.2) is 30.3 Å². The van der Waals surface area contributed by atoms with Crippen molar-refractivity contribution in [3.63, 3.8) is 0 Å². The first kappa shape index (κ1) is 17.8. The van der Waals surface area contributed by atoms with Gasteiger partial charge in [0.25, 0.3) is 5.91 Å². The first-order valence-corrected chi connectivity index (χ1v) is 8.18. The molecule has 0 aromatic heterocycles. The number of likely N-dealkylation sites (N-methyl/N-ethyl adjacent to an activating group) is 1. The van der Waals surface area contributed by atoms with E-state index in [2.05, 4.69) is 21.2 Å². The predicted molar refractivity (Wildman–Crippen MR) is 96.2 cm³/mol. The van der Waals surface area contributed by atoms with E-state index < -0.39 is 0 Å². The van der Waals surface area contributed by atoms with E-state index in [9.17, 15) is 9.59 Å². The second kappa shape index (κ2) is 7.81. The fourth-order valence-electron chi connectivity index (χ4n) is 1.93. The minimum absolute atomic E-state index is 0.118. The third-order valence-electron chi connectivity index (χ3n) is 3.03. The van der Waals surface area contributed by atoms with E-state index in [1.807, 2.05) is 6.07 Å². The van der Waals surface area contributed by atoms with Gasteiger partial charge in [-0.25, -0.2) is 0 Å². The molecule has 2 aromatic rings. The molecule has 0 bridgehead atoms. The molecule has 0 atom stereocenters. The molecule has 0 radical (unpaired) electrons. The normalized spacial score (nSPS) is 10.3. The fraction of sp³-hybridized carbons (Fsp3) is 0.125. The van der Waals surface area contributed by atoms with Crippen LogP contribution in [0.25, 0.3) is 0 Å². The summed E-state index contributed by atoms with van der Waals surface area (Å²) in [6, 6.07) is 11.9. The van der Waals surface area contributed by atoms with Gasteiger partial charge in [-0.05, 0) is 30.3 Å². The molecule has 0 aliphatic carbocycles. The Balaban J connectivity index is 2.04. The average molecular weight is 416 g/mol. The molecule has 23 heavy (non-hydrogen) atoms. The van der Waals surface area contributed by atoms with Crippen molar-refractivity contribution >= 4 is 56.6 Å². The number of para-hydroxylation sites is 1. The average Bonchev–Trinajstić information content (AvgIpc) is 2.50. The Morgan fingerprint density at radius 1 is 1.13 bits per heavy atom. The van der Waals surface area contributed by atoms with Crippen molar-refractivity contribution in [1.82, 2.24) is 4.90 Å². The van der Waals surface area contributed by atoms with Crippen LogP contribution in [0, 0.1) is 0 Å². The van der Waals surface area contributed by atoms with Crippen molar-refractivity contribution in [2.45, 2.75) is 0 Å². The molecule has 0 saturated carbocycles. The first-order valence-electron chi connectivity index (χ1n) is 6.63. The van der Waals surface area contributed by atoms with Crippen molar-refractivity contribution < 1.29 is 9.59 Å². The largest absolute Gasteiger partial charge is 0.332 e. The summed E-state index contributed by atoms with van der Waals surface area (Å²) in [4.78, 5) is 25.7. The number of hydrogen-bond donors (Lipinski definition) is 1. The maximum atomic E-state index is 12.3. The molecule has 120 valence electrons. The van der Waals surface area contributed by atoms with Crippen LogP contribution >= 0.6 is 39.1 Å². The van der Waals surface area contributed by atoms with Crippen LogP contribution in [0.1, 0.15) is 10.4 Å². The Hall–Kier alpha value is -1.56. The zero-order valence-electron chi connectivity index (χ0n) is 12.1. The molecule has 7 heteroatoms. The molecule has 0 spiro atoms. The Morgan fingerprint density at radius 3 is 2.35 bits per heavy atom. The number of anilines is 1. The van der Waals surface area contributed by atoms with E-state index in [0.29, 0.717) is 21.3 Å². The number of carbonyl (C=O) groups excluding carboxylic acids is 2. The van der Waals surface area contributed by atoms with Crippen LogP contribution in [0.15, 0.2) is 46.9 Å². The van der Waals surface area contributed by atoms with Crippen molar-refractivity contribution in [2.75, 3.05) is 18.9 Å². The van der Waals surface area contributed by atoms with Crippen LogP contribution in [0.2, 0.25) is 10.0 Å². The minimum Gasteiger partial charge on any atom is -0.332 e. The Kier molecular flexibility index (Phi) is 6.04. The third-order valence-corrected chi connectivity index (χ3v) is 4.15. The van der Waals surface area contributed by atoms with Gasteiger partial charge in [-0.2, -0.15) is 0 Å². The van der Waals surface area contributed by atoms with Gasteiger partial charge in [0.2, 0.25) is 5.91 Å². The molecule has 2 aromatic carbocycles. The van der Waals surface area contributed by atoms with Gasteiger partial charge in [-0.1, -0.05) is 51.3 Å². The summed E-state index contributed by atoms with van der Waals surface area (Å²) in [6.07, 6.45) is 0. The molecule has 2 rings (SSSR count). The summed E-state index contributed by atoms with van der Waals surface area (Å²) in [6.45, 7) is -0.118. The van der Waals surface area contributed by atoms with E-state index in [4.69, 9.17) is 23.2 Å². The van der Waals surface area contributed by atoms with E-state index >= 15 is 0 Å². The lowest BCUT2D eigenvalue weighted by Crippen LogP contribution is -2.35. The van der Waals surface area contributed by atoms with Gasteiger partial charge >= 0.3 is 0 Å². The van der Waals surface area contributed by atoms with Crippen LogP contribution in [0.3, 0.4) is 0 Å². The van der Waals surface area contributed by atoms with Gasteiger partial charge in [0, 0.05) is 17.1 Å². The summed E-state index contributed by atoms with van der Waals surface area (Å²) >= 11 is 15.3. The van der Waals surface area contributed by atoms with Crippen molar-refractivity contribution in [1.29, 1.82) is 0 Å². The summed E-state index contributed by atoms with van der Waals surface area (Å²) in [5.41, 5.74) is 0.828. The molecular formula is C16H13BrCl2N2O2. The predicted octanol–water partition coefficient (Wildman–Crippen LogP) is 4.47. The maximum absolute atomic E-state index is 12.3. The molecule has 0 aliphatic rings. The molecule has 0 heterocycles. The summed E-state index contributed by atoms with van der Waals surface area (Å²) in [5.74, 6) is -0.641. The van der Waals surface area contributed by atoms with E-state index in [0.717, 1.165) is 4.47 Å². The highest BCUT2D eigenvalue weighted by Crippen LogP contribution is 2.29.